The molecule has 83 heavy (non-hydrogen) atoms. The fourth-order valence-corrected chi connectivity index (χ4v) is 10.7. The topological polar surface area (TPSA) is 194 Å². The summed E-state index contributed by atoms with van der Waals surface area (Å²) in [6.07, 6.45) is 3.97. The predicted molar refractivity (Wildman–Crippen MR) is 304 cm³/mol. The largest absolute Gasteiger partial charge is 0.497 e. The van der Waals surface area contributed by atoms with Gasteiger partial charge < -0.3 is 56.3 Å². The van der Waals surface area contributed by atoms with Gasteiger partial charge in [0, 0.05) is 70.2 Å². The van der Waals surface area contributed by atoms with Crippen LogP contribution in [0.1, 0.15) is 20.8 Å². The Balaban J connectivity index is 1.26. The van der Waals surface area contributed by atoms with Gasteiger partial charge in [0.2, 0.25) is 0 Å². The number of pyridine rings is 3. The third-order valence-electron chi connectivity index (χ3n) is 13.5. The number of methoxy groups -OCH3 is 6. The standard InChI is InChI=1S/C60H57F3N3O16P/c1-10-77-46-22-19-43(61)52-55(46)64(28-40(58(52)67)37-16-13-34(71-4)25-49(37)74-7)31-80-83(70,81-32-65-29-41(38-17-14-35(72-5)26-50(38)75-8)59(68)53-44(62)20-23-47(56(53)65)78-11-2)82-33-66-30-42(39-18-15-36(73-6)27-51(39)76-9)60(69)54-45(63)21-24-48(57(54)66)79-12-3/h13-30H,10-12,31-33H2,1-9H3. The van der Waals surface area contributed by atoms with Crippen molar-refractivity contribution in [1.29, 1.82) is 0 Å². The van der Waals surface area contributed by atoms with Crippen LogP contribution in [0.25, 0.3) is 66.1 Å². The first-order chi connectivity index (χ1) is 40.1. The second-order valence-corrected chi connectivity index (χ2v) is 19.7. The monoisotopic (exact) mass is 1160 g/mol. The molecule has 19 nitrogen and oxygen atoms in total. The van der Waals surface area contributed by atoms with Gasteiger partial charge in [-0.1, -0.05) is 0 Å². The molecule has 434 valence electrons. The van der Waals surface area contributed by atoms with Crippen molar-refractivity contribution in [2.45, 2.75) is 41.0 Å². The lowest BCUT2D eigenvalue weighted by atomic mass is 10.0. The number of halogens is 3. The fourth-order valence-electron chi connectivity index (χ4n) is 9.66. The molecule has 0 saturated heterocycles. The highest BCUT2D eigenvalue weighted by molar-refractivity contribution is 7.48. The smallest absolute Gasteiger partial charge is 0.480 e. The molecule has 3 heterocycles. The van der Waals surface area contributed by atoms with E-state index in [2.05, 4.69) is 0 Å². The van der Waals surface area contributed by atoms with Crippen molar-refractivity contribution in [3.05, 3.63) is 158 Å². The van der Waals surface area contributed by atoms with Crippen LogP contribution in [0.3, 0.4) is 0 Å². The zero-order chi connectivity index (χ0) is 59.3. The maximum atomic E-state index is 16.3. The number of ether oxygens (including phenoxy) is 9. The molecule has 0 spiro atoms. The van der Waals surface area contributed by atoms with E-state index in [1.54, 1.807) is 57.2 Å². The Labute approximate surface area is 472 Å². The number of benzene rings is 6. The molecule has 9 rings (SSSR count). The zero-order valence-corrected chi connectivity index (χ0v) is 47.5. The van der Waals surface area contributed by atoms with E-state index in [-0.39, 0.29) is 104 Å². The van der Waals surface area contributed by atoms with Crippen molar-refractivity contribution in [1.82, 2.24) is 13.7 Å². The summed E-state index contributed by atoms with van der Waals surface area (Å²) < 4.78 is 139. The van der Waals surface area contributed by atoms with E-state index in [1.807, 2.05) is 0 Å². The van der Waals surface area contributed by atoms with Gasteiger partial charge in [-0.15, -0.1) is 0 Å². The van der Waals surface area contributed by atoms with E-state index in [4.69, 9.17) is 56.2 Å². The number of hydrogen-bond donors (Lipinski definition) is 0. The van der Waals surface area contributed by atoms with Crippen LogP contribution in [0, 0.1) is 17.5 Å². The van der Waals surface area contributed by atoms with Crippen molar-refractivity contribution in [3.63, 3.8) is 0 Å². The molecule has 3 aromatic heterocycles. The lowest BCUT2D eigenvalue weighted by molar-refractivity contribution is 0.0560. The van der Waals surface area contributed by atoms with E-state index in [0.29, 0.717) is 17.2 Å². The normalized spacial score (nSPS) is 11.5. The highest BCUT2D eigenvalue weighted by atomic mass is 31.2. The lowest BCUT2D eigenvalue weighted by Crippen LogP contribution is -2.19. The summed E-state index contributed by atoms with van der Waals surface area (Å²) in [6.45, 7) is 2.70. The maximum absolute atomic E-state index is 16.3. The van der Waals surface area contributed by atoms with Crippen molar-refractivity contribution in [2.24, 2.45) is 0 Å². The van der Waals surface area contributed by atoms with Crippen molar-refractivity contribution in [3.8, 4) is 85.1 Å². The van der Waals surface area contributed by atoms with Crippen LogP contribution in [-0.2, 0) is 38.3 Å². The maximum Gasteiger partial charge on any atom is 0.480 e. The van der Waals surface area contributed by atoms with Crippen LogP contribution in [0.4, 0.5) is 13.2 Å². The molecular weight excluding hydrogens is 1110 g/mol. The number of rotatable bonds is 24. The summed E-state index contributed by atoms with van der Waals surface area (Å²) in [5, 5.41) is -1.32. The molecule has 0 fully saturated rings. The zero-order valence-electron chi connectivity index (χ0n) is 46.6. The van der Waals surface area contributed by atoms with E-state index in [9.17, 15) is 14.4 Å². The van der Waals surface area contributed by atoms with Gasteiger partial charge in [0.15, 0.2) is 16.3 Å². The highest BCUT2D eigenvalue weighted by Crippen LogP contribution is 2.52. The highest BCUT2D eigenvalue weighted by Gasteiger charge is 2.32. The molecule has 0 aliphatic carbocycles. The number of aromatic nitrogens is 3. The molecule has 0 unspecified atom stereocenters. The molecule has 0 amide bonds. The molecule has 0 bridgehead atoms. The van der Waals surface area contributed by atoms with Crippen LogP contribution in [0.5, 0.6) is 51.7 Å². The lowest BCUT2D eigenvalue weighted by Gasteiger charge is -2.24. The van der Waals surface area contributed by atoms with Gasteiger partial charge in [0.05, 0.1) is 95.2 Å². The van der Waals surface area contributed by atoms with Gasteiger partial charge in [-0.3, -0.25) is 28.0 Å². The Hall–Kier alpha value is -8.95. The van der Waals surface area contributed by atoms with Gasteiger partial charge in [-0.05, 0) is 93.6 Å². The SMILES string of the molecule is CCOc1ccc(F)c2c(=O)c(-c3ccc(OC)cc3OC)cn(COP(=O)(OCn3cc(-c4ccc(OC)cc4OC)c(=O)c4c(F)ccc(OCC)c43)OCn3cc(-c4ccc(OC)cc4OC)c(=O)c4c(F)ccc(OCC)c43)c12. The molecular formula is C60H57F3N3O16P. The number of phosphoric ester groups is 1. The van der Waals surface area contributed by atoms with E-state index < -0.39 is 77.9 Å². The van der Waals surface area contributed by atoms with E-state index in [1.165, 1.54) is 111 Å². The summed E-state index contributed by atoms with van der Waals surface area (Å²) >= 11 is 0. The second kappa shape index (κ2) is 25.0. The van der Waals surface area contributed by atoms with Gasteiger partial charge in [0.1, 0.15) is 89.4 Å². The number of fused-ring (bicyclic) bond motifs is 3. The summed E-state index contributed by atoms with van der Waals surface area (Å²) in [4.78, 5) is 43.7. The Morgan fingerprint density at radius 3 is 0.892 bits per heavy atom. The van der Waals surface area contributed by atoms with Crippen molar-refractivity contribution < 1.29 is 73.9 Å². The average molecular weight is 1160 g/mol. The second-order valence-electron chi connectivity index (χ2n) is 18.1. The summed E-state index contributed by atoms with van der Waals surface area (Å²) in [6, 6.07) is 21.1. The molecule has 9 aromatic rings. The molecule has 0 aliphatic rings. The molecule has 0 N–H and O–H groups in total. The first-order valence-electron chi connectivity index (χ1n) is 25.8. The van der Waals surface area contributed by atoms with Gasteiger partial charge in [0.25, 0.3) is 0 Å². The van der Waals surface area contributed by atoms with Crippen LogP contribution in [0.15, 0.2) is 124 Å². The Bertz CT molecular complexity index is 3770. The quantitative estimate of drug-likeness (QED) is 0.0518. The molecule has 0 radical (unpaired) electrons. The van der Waals surface area contributed by atoms with Crippen LogP contribution < -0.4 is 58.9 Å². The minimum absolute atomic E-state index is 0.0351. The van der Waals surface area contributed by atoms with Gasteiger partial charge >= 0.3 is 7.82 Å². The van der Waals surface area contributed by atoms with Crippen LogP contribution in [-0.4, -0.2) is 76.2 Å². The van der Waals surface area contributed by atoms with Crippen molar-refractivity contribution >= 4 is 40.5 Å². The third-order valence-corrected chi connectivity index (χ3v) is 14.8. The number of phosphoric acid groups is 1. The fraction of sp³-hybridized carbons (Fsp3) is 0.250. The molecule has 6 aromatic carbocycles. The van der Waals surface area contributed by atoms with E-state index in [0.717, 1.165) is 18.2 Å². The van der Waals surface area contributed by atoms with Crippen molar-refractivity contribution in [2.75, 3.05) is 62.5 Å². The van der Waals surface area contributed by atoms with E-state index >= 15 is 17.7 Å². The summed E-state index contributed by atoms with van der Waals surface area (Å²) in [5.74, 6) is -1.01. The molecule has 0 saturated carbocycles. The molecule has 23 heteroatoms. The Morgan fingerprint density at radius 1 is 0.373 bits per heavy atom. The van der Waals surface area contributed by atoms with Gasteiger partial charge in [-0.2, -0.15) is 0 Å². The minimum Gasteiger partial charge on any atom is -0.497 e. The molecule has 0 atom stereocenters. The summed E-state index contributed by atoms with van der Waals surface area (Å²) in [5.41, 5.74) is -2.33. The number of hydrogen-bond acceptors (Lipinski definition) is 16. The Kier molecular flexibility index (Phi) is 17.7. The third kappa shape index (κ3) is 11.4. The first-order valence-corrected chi connectivity index (χ1v) is 27.2. The minimum atomic E-state index is -5.28. The van der Waals surface area contributed by atoms with Crippen LogP contribution in [0.2, 0.25) is 0 Å². The number of nitrogens with zero attached hydrogens (tertiary/aromatic N) is 3. The van der Waals surface area contributed by atoms with Gasteiger partial charge in [-0.25, -0.2) is 17.7 Å². The van der Waals surface area contributed by atoms with Crippen LogP contribution >= 0.6 is 7.82 Å². The Morgan fingerprint density at radius 2 is 0.651 bits per heavy atom. The molecule has 0 aliphatic heterocycles. The first kappa shape index (κ1) is 58.7. The summed E-state index contributed by atoms with van der Waals surface area (Å²) in [7, 11) is 3.19. The predicted octanol–water partition coefficient (Wildman–Crippen LogP) is 11.7. The average Bonchev–Trinajstić information content (AvgIpc) is 3.66.